The van der Waals surface area contributed by atoms with Gasteiger partial charge in [-0.1, -0.05) is 91.0 Å². The van der Waals surface area contributed by atoms with Crippen LogP contribution in [0.5, 0.6) is 0 Å². The van der Waals surface area contributed by atoms with E-state index in [9.17, 15) is 14.7 Å². The van der Waals surface area contributed by atoms with E-state index in [2.05, 4.69) is 5.32 Å². The van der Waals surface area contributed by atoms with Crippen LogP contribution in [0.1, 0.15) is 43.5 Å². The Morgan fingerprint density at radius 2 is 1.40 bits per heavy atom. The van der Waals surface area contributed by atoms with E-state index in [1.54, 1.807) is 20.8 Å². The molecule has 0 radical (unpaired) electrons. The molecule has 0 saturated carbocycles. The fraction of sp³-hybridized carbons (Fsp3) is 0.375. The molecule has 1 heterocycles. The van der Waals surface area contributed by atoms with Gasteiger partial charge < -0.3 is 24.6 Å². The number of likely N-dealkylation sites (tertiary alicyclic amines) is 1. The number of carbonyl (C=O) groups is 2. The number of amides is 2. The van der Waals surface area contributed by atoms with Crippen molar-refractivity contribution in [3.05, 3.63) is 108 Å². The van der Waals surface area contributed by atoms with Crippen molar-refractivity contribution in [1.82, 2.24) is 10.2 Å². The van der Waals surface area contributed by atoms with Gasteiger partial charge >= 0.3 is 12.2 Å². The molecular formula is C32H38N2O6. The molecular weight excluding hydrogens is 508 g/mol. The summed E-state index contributed by atoms with van der Waals surface area (Å²) < 4.78 is 17.4. The lowest BCUT2D eigenvalue weighted by Gasteiger charge is -2.31. The molecule has 2 amide bonds. The summed E-state index contributed by atoms with van der Waals surface area (Å²) in [5.41, 5.74) is 1.92. The standard InChI is InChI=1S/C32H38N2O6/c1-32(2,3)40-30(36)33-28-26(22-38-20-23-13-7-4-8-14-23)27(19-35)34(29(28)25-17-11-6-12-18-25)31(37)39-21-24-15-9-5-10-16-24/h4-18,26-29,35H,19-22H2,1-3H3,(H,33,36)/t26-,27-,28+,29+/m1/s1. The molecule has 3 aromatic carbocycles. The lowest BCUT2D eigenvalue weighted by Crippen LogP contribution is -2.46. The van der Waals surface area contributed by atoms with Crippen LogP contribution in [0.3, 0.4) is 0 Å². The number of benzene rings is 3. The molecule has 212 valence electrons. The molecule has 1 saturated heterocycles. The fourth-order valence-electron chi connectivity index (χ4n) is 5.07. The van der Waals surface area contributed by atoms with Gasteiger partial charge in [0.1, 0.15) is 12.2 Å². The second-order valence-electron chi connectivity index (χ2n) is 10.9. The van der Waals surface area contributed by atoms with E-state index in [0.29, 0.717) is 6.61 Å². The molecule has 0 unspecified atom stereocenters. The Labute approximate surface area is 235 Å². The number of alkyl carbamates (subject to hydrolysis) is 1. The summed E-state index contributed by atoms with van der Waals surface area (Å²) in [6.45, 7) is 5.65. The monoisotopic (exact) mass is 546 g/mol. The van der Waals surface area contributed by atoms with Gasteiger partial charge in [-0.15, -0.1) is 0 Å². The van der Waals surface area contributed by atoms with Crippen molar-refractivity contribution in [3.63, 3.8) is 0 Å². The number of ether oxygens (including phenoxy) is 3. The molecule has 40 heavy (non-hydrogen) atoms. The lowest BCUT2D eigenvalue weighted by molar-refractivity contribution is 0.0342. The summed E-state index contributed by atoms with van der Waals surface area (Å²) in [6.07, 6.45) is -1.19. The molecule has 1 aliphatic heterocycles. The van der Waals surface area contributed by atoms with Gasteiger partial charge in [-0.05, 0) is 37.5 Å². The van der Waals surface area contributed by atoms with Crippen molar-refractivity contribution >= 4 is 12.2 Å². The molecule has 8 heteroatoms. The average molecular weight is 547 g/mol. The van der Waals surface area contributed by atoms with E-state index < -0.39 is 41.8 Å². The molecule has 3 aromatic rings. The van der Waals surface area contributed by atoms with Gasteiger partial charge in [0, 0.05) is 5.92 Å². The Morgan fingerprint density at radius 1 is 0.850 bits per heavy atom. The summed E-state index contributed by atoms with van der Waals surface area (Å²) >= 11 is 0. The summed E-state index contributed by atoms with van der Waals surface area (Å²) in [4.78, 5) is 28.3. The lowest BCUT2D eigenvalue weighted by atomic mass is 9.91. The number of aliphatic hydroxyl groups is 1. The van der Waals surface area contributed by atoms with Crippen molar-refractivity contribution in [2.75, 3.05) is 13.2 Å². The van der Waals surface area contributed by atoms with Gasteiger partial charge in [-0.25, -0.2) is 9.59 Å². The third kappa shape index (κ3) is 7.61. The van der Waals surface area contributed by atoms with Gasteiger partial charge in [0.05, 0.1) is 37.9 Å². The molecule has 2 N–H and O–H groups in total. The topological polar surface area (TPSA) is 97.3 Å². The van der Waals surface area contributed by atoms with Crippen molar-refractivity contribution in [3.8, 4) is 0 Å². The first-order valence-electron chi connectivity index (χ1n) is 13.5. The van der Waals surface area contributed by atoms with E-state index in [4.69, 9.17) is 14.2 Å². The Hall–Kier alpha value is -3.88. The summed E-state index contributed by atoms with van der Waals surface area (Å²) in [6, 6.07) is 26.7. The van der Waals surface area contributed by atoms with Gasteiger partial charge in [0.25, 0.3) is 0 Å². The maximum absolute atomic E-state index is 13.7. The molecule has 1 fully saturated rings. The minimum Gasteiger partial charge on any atom is -0.445 e. The first-order chi connectivity index (χ1) is 19.3. The predicted molar refractivity (Wildman–Crippen MR) is 151 cm³/mol. The van der Waals surface area contributed by atoms with Gasteiger partial charge in [-0.2, -0.15) is 0 Å². The molecule has 8 nitrogen and oxygen atoms in total. The third-order valence-electron chi connectivity index (χ3n) is 6.80. The second kappa shape index (κ2) is 13.5. The largest absolute Gasteiger partial charge is 0.445 e. The molecule has 0 bridgehead atoms. The Bertz CT molecular complexity index is 1220. The third-order valence-corrected chi connectivity index (χ3v) is 6.80. The van der Waals surface area contributed by atoms with Crippen LogP contribution in [0.25, 0.3) is 0 Å². The van der Waals surface area contributed by atoms with E-state index in [-0.39, 0.29) is 19.8 Å². The van der Waals surface area contributed by atoms with Crippen LogP contribution in [0.15, 0.2) is 91.0 Å². The smallest absolute Gasteiger partial charge is 0.411 e. The summed E-state index contributed by atoms with van der Waals surface area (Å²) in [5.74, 6) is -0.448. The highest BCUT2D eigenvalue weighted by Crippen LogP contribution is 2.41. The maximum atomic E-state index is 13.7. The number of rotatable bonds is 9. The van der Waals surface area contributed by atoms with E-state index in [1.165, 1.54) is 4.90 Å². The van der Waals surface area contributed by atoms with Crippen LogP contribution < -0.4 is 5.32 Å². The van der Waals surface area contributed by atoms with E-state index in [1.807, 2.05) is 91.0 Å². The van der Waals surface area contributed by atoms with Crippen LogP contribution in [0.2, 0.25) is 0 Å². The number of hydrogen-bond acceptors (Lipinski definition) is 6. The fourth-order valence-corrected chi connectivity index (χ4v) is 5.07. The zero-order valence-electron chi connectivity index (χ0n) is 23.2. The second-order valence-corrected chi connectivity index (χ2v) is 10.9. The number of nitrogens with one attached hydrogen (secondary N) is 1. The van der Waals surface area contributed by atoms with Gasteiger partial charge in [-0.3, -0.25) is 4.90 Å². The minimum absolute atomic E-state index is 0.0785. The zero-order valence-corrected chi connectivity index (χ0v) is 23.2. The molecule has 4 atom stereocenters. The van der Waals surface area contributed by atoms with Crippen LogP contribution in [-0.2, 0) is 27.4 Å². The number of carbonyl (C=O) groups excluding carboxylic acids is 2. The van der Waals surface area contributed by atoms with Crippen molar-refractivity contribution in [2.45, 2.75) is 57.7 Å². The van der Waals surface area contributed by atoms with Crippen LogP contribution >= 0.6 is 0 Å². The highest BCUT2D eigenvalue weighted by Gasteiger charge is 2.53. The van der Waals surface area contributed by atoms with Crippen LogP contribution in [0.4, 0.5) is 9.59 Å². The minimum atomic E-state index is -0.713. The predicted octanol–water partition coefficient (Wildman–Crippen LogP) is 5.47. The molecule has 0 aromatic heterocycles. The Kier molecular flexibility index (Phi) is 9.79. The van der Waals surface area contributed by atoms with Crippen LogP contribution in [-0.4, -0.2) is 53.1 Å². The number of hydrogen-bond donors (Lipinski definition) is 2. The first-order valence-corrected chi connectivity index (χ1v) is 13.5. The molecule has 1 aliphatic rings. The molecule has 0 spiro atoms. The number of aliphatic hydroxyl groups excluding tert-OH is 1. The molecule has 0 aliphatic carbocycles. The van der Waals surface area contributed by atoms with Crippen molar-refractivity contribution in [1.29, 1.82) is 0 Å². The van der Waals surface area contributed by atoms with Gasteiger partial charge in [0.2, 0.25) is 0 Å². The number of nitrogens with zero attached hydrogens (tertiary/aromatic N) is 1. The summed E-state index contributed by atoms with van der Waals surface area (Å²) in [7, 11) is 0. The Morgan fingerprint density at radius 3 is 1.95 bits per heavy atom. The quantitative estimate of drug-likeness (QED) is 0.370. The molecule has 4 rings (SSSR count). The zero-order chi connectivity index (χ0) is 28.5. The highest BCUT2D eigenvalue weighted by molar-refractivity contribution is 5.72. The first kappa shape index (κ1) is 29.1. The SMILES string of the molecule is CC(C)(C)OC(=O)N[C@H]1[C@H](COCc2ccccc2)[C@@H](CO)N(C(=O)OCc2ccccc2)[C@H]1c1ccccc1. The van der Waals surface area contributed by atoms with E-state index in [0.717, 1.165) is 16.7 Å². The van der Waals surface area contributed by atoms with Crippen molar-refractivity contribution in [2.24, 2.45) is 5.92 Å². The van der Waals surface area contributed by atoms with Crippen molar-refractivity contribution < 1.29 is 28.9 Å². The summed E-state index contributed by atoms with van der Waals surface area (Å²) in [5, 5.41) is 13.6. The van der Waals surface area contributed by atoms with Gasteiger partial charge in [0.15, 0.2) is 0 Å². The Balaban J connectivity index is 1.65. The normalized spacial score (nSPS) is 20.6. The average Bonchev–Trinajstić information content (AvgIpc) is 3.25. The maximum Gasteiger partial charge on any atom is 0.411 e. The van der Waals surface area contributed by atoms with E-state index >= 15 is 0 Å². The highest BCUT2D eigenvalue weighted by atomic mass is 16.6. The van der Waals surface area contributed by atoms with Crippen LogP contribution in [0, 0.1) is 5.92 Å².